The molecule has 1 heterocycles. The number of rotatable bonds is 9. The van der Waals surface area contributed by atoms with Crippen LogP contribution in [-0.4, -0.2) is 38.4 Å². The predicted octanol–water partition coefficient (Wildman–Crippen LogP) is 2.29. The topological polar surface area (TPSA) is 56.8 Å². The van der Waals surface area contributed by atoms with Crippen molar-refractivity contribution in [3.8, 4) is 5.75 Å². The minimum absolute atomic E-state index is 0.0654. The summed E-state index contributed by atoms with van der Waals surface area (Å²) in [6.45, 7) is 2.83. The van der Waals surface area contributed by atoms with Gasteiger partial charge in [0.05, 0.1) is 12.7 Å². The lowest BCUT2D eigenvalue weighted by Crippen LogP contribution is -2.27. The molecule has 2 aliphatic rings. The first kappa shape index (κ1) is 16.3. The van der Waals surface area contributed by atoms with Gasteiger partial charge in [-0.2, -0.15) is 0 Å². The molecule has 1 saturated carbocycles. The molecule has 5 nitrogen and oxygen atoms in total. The van der Waals surface area contributed by atoms with E-state index in [2.05, 4.69) is 5.32 Å². The molecule has 126 valence electrons. The highest BCUT2D eigenvalue weighted by atomic mass is 16.5. The maximum atomic E-state index is 11.7. The molecule has 1 aliphatic carbocycles. The molecule has 1 N–H and O–H groups in total. The van der Waals surface area contributed by atoms with Crippen LogP contribution in [0.5, 0.6) is 5.75 Å². The Morgan fingerprint density at radius 3 is 2.70 bits per heavy atom. The lowest BCUT2D eigenvalue weighted by Gasteiger charge is -2.12. The molecule has 1 aromatic rings. The lowest BCUT2D eigenvalue weighted by atomic mass is 10.2. The van der Waals surface area contributed by atoms with E-state index in [4.69, 9.17) is 14.2 Å². The van der Waals surface area contributed by atoms with Gasteiger partial charge in [-0.1, -0.05) is 12.1 Å². The van der Waals surface area contributed by atoms with Crippen molar-refractivity contribution in [1.29, 1.82) is 0 Å². The molecular weight excluding hydrogens is 294 g/mol. The number of carbonyl (C=O) groups is 1. The molecule has 0 bridgehead atoms. The molecule has 0 spiro atoms. The highest BCUT2D eigenvalue weighted by Gasteiger charge is 2.21. The number of hydrogen-bond acceptors (Lipinski definition) is 4. The summed E-state index contributed by atoms with van der Waals surface area (Å²) >= 11 is 0. The summed E-state index contributed by atoms with van der Waals surface area (Å²) in [5.41, 5.74) is 1.05. The molecule has 1 aromatic carbocycles. The number of nitrogens with one attached hydrogen (secondary N) is 1. The summed E-state index contributed by atoms with van der Waals surface area (Å²) in [4.78, 5) is 11.7. The van der Waals surface area contributed by atoms with Gasteiger partial charge in [0.2, 0.25) is 5.91 Å². The van der Waals surface area contributed by atoms with E-state index in [1.165, 1.54) is 12.8 Å². The Morgan fingerprint density at radius 1 is 1.17 bits per heavy atom. The zero-order valence-corrected chi connectivity index (χ0v) is 13.5. The van der Waals surface area contributed by atoms with Crippen LogP contribution in [0, 0.1) is 5.92 Å². The molecule has 1 saturated heterocycles. The van der Waals surface area contributed by atoms with E-state index in [-0.39, 0.29) is 18.6 Å². The van der Waals surface area contributed by atoms with E-state index in [1.54, 1.807) is 0 Å². The van der Waals surface area contributed by atoms with Gasteiger partial charge in [0, 0.05) is 13.2 Å². The molecule has 1 amide bonds. The van der Waals surface area contributed by atoms with Crippen LogP contribution in [0.25, 0.3) is 0 Å². The SMILES string of the molecule is O=C(COCC1CC1)NCc1ccc(OC[C@@H]2CCCO2)cc1. The molecule has 23 heavy (non-hydrogen) atoms. The van der Waals surface area contributed by atoms with Gasteiger partial charge < -0.3 is 19.5 Å². The third-order valence-electron chi connectivity index (χ3n) is 4.16. The van der Waals surface area contributed by atoms with E-state index in [9.17, 15) is 4.79 Å². The maximum Gasteiger partial charge on any atom is 0.246 e. The molecule has 0 aromatic heterocycles. The summed E-state index contributed by atoms with van der Waals surface area (Å²) in [5.74, 6) is 1.46. The van der Waals surface area contributed by atoms with E-state index in [1.807, 2.05) is 24.3 Å². The summed E-state index contributed by atoms with van der Waals surface area (Å²) in [6, 6.07) is 7.80. The Kier molecular flexibility index (Phi) is 5.88. The number of carbonyl (C=O) groups excluding carboxylic acids is 1. The molecule has 1 aliphatic heterocycles. The minimum atomic E-state index is -0.0654. The van der Waals surface area contributed by atoms with Gasteiger partial charge in [-0.25, -0.2) is 0 Å². The quantitative estimate of drug-likeness (QED) is 0.759. The van der Waals surface area contributed by atoms with Gasteiger partial charge in [-0.3, -0.25) is 4.79 Å². The van der Waals surface area contributed by atoms with Crippen molar-refractivity contribution in [3.05, 3.63) is 29.8 Å². The summed E-state index contributed by atoms with van der Waals surface area (Å²) in [5, 5.41) is 2.86. The van der Waals surface area contributed by atoms with Crippen LogP contribution >= 0.6 is 0 Å². The fourth-order valence-corrected chi connectivity index (χ4v) is 2.52. The second-order valence-electron chi connectivity index (χ2n) is 6.33. The molecule has 2 fully saturated rings. The van der Waals surface area contributed by atoms with Gasteiger partial charge in [0.25, 0.3) is 0 Å². The van der Waals surface area contributed by atoms with Crippen molar-refractivity contribution in [2.24, 2.45) is 5.92 Å². The Bertz CT molecular complexity index is 492. The van der Waals surface area contributed by atoms with E-state index in [0.29, 0.717) is 25.7 Å². The van der Waals surface area contributed by atoms with Crippen molar-refractivity contribution in [3.63, 3.8) is 0 Å². The second-order valence-corrected chi connectivity index (χ2v) is 6.33. The first-order valence-corrected chi connectivity index (χ1v) is 8.47. The van der Waals surface area contributed by atoms with Gasteiger partial charge in [0.15, 0.2) is 0 Å². The van der Waals surface area contributed by atoms with Gasteiger partial charge in [-0.05, 0) is 49.3 Å². The summed E-state index contributed by atoms with van der Waals surface area (Å²) in [7, 11) is 0. The summed E-state index contributed by atoms with van der Waals surface area (Å²) in [6.07, 6.45) is 4.90. The smallest absolute Gasteiger partial charge is 0.246 e. The predicted molar refractivity (Wildman–Crippen MR) is 86.3 cm³/mol. The van der Waals surface area contributed by atoms with Gasteiger partial charge >= 0.3 is 0 Å². The monoisotopic (exact) mass is 319 g/mol. The molecule has 0 radical (unpaired) electrons. The Labute approximate surface area is 137 Å². The van der Waals surface area contributed by atoms with E-state index < -0.39 is 0 Å². The summed E-state index contributed by atoms with van der Waals surface area (Å²) < 4.78 is 16.6. The zero-order valence-electron chi connectivity index (χ0n) is 13.5. The number of amides is 1. The standard InChI is InChI=1S/C18H25NO4/c20-18(13-21-11-15-3-4-15)19-10-14-5-7-16(8-6-14)23-12-17-2-1-9-22-17/h5-8,15,17H,1-4,9-13H2,(H,19,20)/t17-/m0/s1. The van der Waals surface area contributed by atoms with E-state index in [0.717, 1.165) is 30.8 Å². The Morgan fingerprint density at radius 2 is 2.00 bits per heavy atom. The number of hydrogen-bond donors (Lipinski definition) is 1. The first-order chi connectivity index (χ1) is 11.3. The van der Waals surface area contributed by atoms with Crippen molar-refractivity contribution < 1.29 is 19.0 Å². The molecule has 3 rings (SSSR count). The van der Waals surface area contributed by atoms with Gasteiger partial charge in [-0.15, -0.1) is 0 Å². The van der Waals surface area contributed by atoms with Crippen LogP contribution in [0.4, 0.5) is 0 Å². The molecular formula is C18H25NO4. The fourth-order valence-electron chi connectivity index (χ4n) is 2.52. The van der Waals surface area contributed by atoms with Crippen LogP contribution in [0.3, 0.4) is 0 Å². The molecule has 1 atom stereocenters. The van der Waals surface area contributed by atoms with Crippen LogP contribution in [0.1, 0.15) is 31.2 Å². The maximum absolute atomic E-state index is 11.7. The second kappa shape index (κ2) is 8.31. The molecule has 5 heteroatoms. The van der Waals surface area contributed by atoms with Crippen molar-refractivity contribution >= 4 is 5.91 Å². The Hall–Kier alpha value is -1.59. The highest BCUT2D eigenvalue weighted by Crippen LogP contribution is 2.28. The van der Waals surface area contributed by atoms with Crippen molar-refractivity contribution in [2.75, 3.05) is 26.4 Å². The van der Waals surface area contributed by atoms with Crippen LogP contribution < -0.4 is 10.1 Å². The lowest BCUT2D eigenvalue weighted by molar-refractivity contribution is -0.126. The number of benzene rings is 1. The largest absolute Gasteiger partial charge is 0.491 e. The minimum Gasteiger partial charge on any atom is -0.491 e. The van der Waals surface area contributed by atoms with Crippen LogP contribution in [0.15, 0.2) is 24.3 Å². The zero-order chi connectivity index (χ0) is 15.9. The normalized spacial score (nSPS) is 20.4. The highest BCUT2D eigenvalue weighted by molar-refractivity contribution is 5.77. The third-order valence-corrected chi connectivity index (χ3v) is 4.16. The Balaban J connectivity index is 1.32. The van der Waals surface area contributed by atoms with Crippen LogP contribution in [0.2, 0.25) is 0 Å². The third kappa shape index (κ3) is 5.84. The average molecular weight is 319 g/mol. The fraction of sp³-hybridized carbons (Fsp3) is 0.611. The van der Waals surface area contributed by atoms with Crippen molar-refractivity contribution in [2.45, 2.75) is 38.3 Å². The molecule has 0 unspecified atom stereocenters. The van der Waals surface area contributed by atoms with Crippen LogP contribution in [-0.2, 0) is 20.8 Å². The number of ether oxygens (including phenoxy) is 3. The van der Waals surface area contributed by atoms with Gasteiger partial charge in [0.1, 0.15) is 19.0 Å². The van der Waals surface area contributed by atoms with Crippen molar-refractivity contribution in [1.82, 2.24) is 5.32 Å². The van der Waals surface area contributed by atoms with E-state index >= 15 is 0 Å². The first-order valence-electron chi connectivity index (χ1n) is 8.47. The average Bonchev–Trinajstić information content (AvgIpc) is 3.24.